The van der Waals surface area contributed by atoms with Crippen LogP contribution in [0.4, 0.5) is 0 Å². The molecule has 0 aliphatic heterocycles. The minimum Gasteiger partial charge on any atom is -0.496 e. The average Bonchev–Trinajstić information content (AvgIpc) is 2.69. The first-order valence-corrected chi connectivity index (χ1v) is 6.02. The maximum atomic E-state index is 6.55. The number of hydrogen-bond acceptors (Lipinski definition) is 2. The number of methoxy groups -OCH3 is 1. The van der Waals surface area contributed by atoms with E-state index in [1.807, 2.05) is 6.07 Å². The van der Waals surface area contributed by atoms with Crippen LogP contribution >= 0.6 is 0 Å². The van der Waals surface area contributed by atoms with E-state index < -0.39 is 0 Å². The predicted molar refractivity (Wildman–Crippen MR) is 66.8 cm³/mol. The van der Waals surface area contributed by atoms with E-state index in [1.54, 1.807) is 7.11 Å². The second-order valence-electron chi connectivity index (χ2n) is 4.95. The molecule has 1 aromatic rings. The highest BCUT2D eigenvalue weighted by atomic mass is 16.5. The summed E-state index contributed by atoms with van der Waals surface area (Å²) in [7, 11) is 1.73. The maximum absolute atomic E-state index is 6.55. The standard InChI is InChI=1S/C14H21NO/c1-10-6-7-12(16-3)13(11(10)2)14(15)8-4-5-9-14/h6-7H,4-5,8-9,15H2,1-3H3. The molecule has 0 amide bonds. The van der Waals surface area contributed by atoms with Gasteiger partial charge in [0.15, 0.2) is 0 Å². The molecule has 0 spiro atoms. The summed E-state index contributed by atoms with van der Waals surface area (Å²) in [6.07, 6.45) is 4.61. The molecular formula is C14H21NO. The molecule has 0 atom stereocenters. The fraction of sp³-hybridized carbons (Fsp3) is 0.571. The van der Waals surface area contributed by atoms with Gasteiger partial charge in [-0.05, 0) is 43.9 Å². The van der Waals surface area contributed by atoms with Gasteiger partial charge in [-0.1, -0.05) is 18.9 Å². The van der Waals surface area contributed by atoms with Crippen LogP contribution in [-0.2, 0) is 5.54 Å². The molecule has 0 unspecified atom stereocenters. The van der Waals surface area contributed by atoms with Crippen LogP contribution < -0.4 is 10.5 Å². The molecule has 0 bridgehead atoms. The van der Waals surface area contributed by atoms with Crippen molar-refractivity contribution in [1.82, 2.24) is 0 Å². The molecule has 0 aromatic heterocycles. The fourth-order valence-corrected chi connectivity index (χ4v) is 2.84. The van der Waals surface area contributed by atoms with Crippen molar-refractivity contribution in [2.45, 2.75) is 45.1 Å². The van der Waals surface area contributed by atoms with E-state index in [9.17, 15) is 0 Å². The van der Waals surface area contributed by atoms with Crippen LogP contribution in [0, 0.1) is 13.8 Å². The summed E-state index contributed by atoms with van der Waals surface area (Å²) >= 11 is 0. The average molecular weight is 219 g/mol. The predicted octanol–water partition coefficient (Wildman–Crippen LogP) is 3.04. The molecule has 1 aromatic carbocycles. The summed E-state index contributed by atoms with van der Waals surface area (Å²) < 4.78 is 5.48. The molecule has 2 N–H and O–H groups in total. The Labute approximate surface area is 97.8 Å². The Morgan fingerprint density at radius 2 is 1.81 bits per heavy atom. The second kappa shape index (κ2) is 4.10. The largest absolute Gasteiger partial charge is 0.496 e. The van der Waals surface area contributed by atoms with Crippen LogP contribution in [0.5, 0.6) is 5.75 Å². The lowest BCUT2D eigenvalue weighted by atomic mass is 9.84. The van der Waals surface area contributed by atoms with Crippen molar-refractivity contribution >= 4 is 0 Å². The molecular weight excluding hydrogens is 198 g/mol. The lowest BCUT2D eigenvalue weighted by Gasteiger charge is -2.29. The van der Waals surface area contributed by atoms with Crippen LogP contribution in [-0.4, -0.2) is 7.11 Å². The van der Waals surface area contributed by atoms with Gasteiger partial charge in [0.05, 0.1) is 7.11 Å². The molecule has 2 rings (SSSR count). The molecule has 0 heterocycles. The molecule has 0 radical (unpaired) electrons. The molecule has 2 heteroatoms. The highest BCUT2D eigenvalue weighted by Gasteiger charge is 2.35. The molecule has 1 aliphatic carbocycles. The van der Waals surface area contributed by atoms with Crippen molar-refractivity contribution in [2.75, 3.05) is 7.11 Å². The SMILES string of the molecule is COc1ccc(C)c(C)c1C1(N)CCCC1. The minimum atomic E-state index is -0.165. The van der Waals surface area contributed by atoms with Gasteiger partial charge in [0.2, 0.25) is 0 Å². The minimum absolute atomic E-state index is 0.165. The third kappa shape index (κ3) is 1.71. The van der Waals surface area contributed by atoms with Gasteiger partial charge in [-0.3, -0.25) is 0 Å². The van der Waals surface area contributed by atoms with Gasteiger partial charge >= 0.3 is 0 Å². The number of nitrogens with two attached hydrogens (primary N) is 1. The Bertz CT molecular complexity index is 392. The van der Waals surface area contributed by atoms with Gasteiger partial charge < -0.3 is 10.5 Å². The Balaban J connectivity index is 2.56. The quantitative estimate of drug-likeness (QED) is 0.829. The van der Waals surface area contributed by atoms with Crippen LogP contribution in [0.1, 0.15) is 42.4 Å². The normalized spacial score (nSPS) is 18.8. The van der Waals surface area contributed by atoms with E-state index in [4.69, 9.17) is 10.5 Å². The monoisotopic (exact) mass is 219 g/mol. The van der Waals surface area contributed by atoms with Crippen molar-refractivity contribution in [1.29, 1.82) is 0 Å². The molecule has 88 valence electrons. The van der Waals surface area contributed by atoms with Gasteiger partial charge in [0, 0.05) is 11.1 Å². The van der Waals surface area contributed by atoms with Crippen LogP contribution in [0.2, 0.25) is 0 Å². The molecule has 1 fully saturated rings. The number of aryl methyl sites for hydroxylation is 1. The van der Waals surface area contributed by atoms with Crippen molar-refractivity contribution < 1.29 is 4.74 Å². The summed E-state index contributed by atoms with van der Waals surface area (Å²) in [4.78, 5) is 0. The van der Waals surface area contributed by atoms with Crippen molar-refractivity contribution in [3.05, 3.63) is 28.8 Å². The first kappa shape index (κ1) is 11.5. The Morgan fingerprint density at radius 1 is 1.19 bits per heavy atom. The second-order valence-corrected chi connectivity index (χ2v) is 4.95. The topological polar surface area (TPSA) is 35.2 Å². The van der Waals surface area contributed by atoms with E-state index in [2.05, 4.69) is 19.9 Å². The number of benzene rings is 1. The maximum Gasteiger partial charge on any atom is 0.124 e. The first-order valence-electron chi connectivity index (χ1n) is 6.02. The molecule has 1 saturated carbocycles. The van der Waals surface area contributed by atoms with Crippen LogP contribution in [0.15, 0.2) is 12.1 Å². The number of hydrogen-bond donors (Lipinski definition) is 1. The molecule has 16 heavy (non-hydrogen) atoms. The zero-order chi connectivity index (χ0) is 11.8. The van der Waals surface area contributed by atoms with Gasteiger partial charge in [-0.25, -0.2) is 0 Å². The summed E-state index contributed by atoms with van der Waals surface area (Å²) in [5, 5.41) is 0. The van der Waals surface area contributed by atoms with E-state index in [0.29, 0.717) is 0 Å². The van der Waals surface area contributed by atoms with E-state index in [1.165, 1.54) is 29.5 Å². The summed E-state index contributed by atoms with van der Waals surface area (Å²) in [5.41, 5.74) is 10.2. The molecule has 2 nitrogen and oxygen atoms in total. The Hall–Kier alpha value is -1.02. The van der Waals surface area contributed by atoms with Crippen molar-refractivity contribution in [3.63, 3.8) is 0 Å². The van der Waals surface area contributed by atoms with E-state index >= 15 is 0 Å². The third-order valence-electron chi connectivity index (χ3n) is 3.91. The lowest BCUT2D eigenvalue weighted by Crippen LogP contribution is -2.34. The van der Waals surface area contributed by atoms with Crippen molar-refractivity contribution in [3.8, 4) is 5.75 Å². The van der Waals surface area contributed by atoms with Gasteiger partial charge in [-0.2, -0.15) is 0 Å². The highest BCUT2D eigenvalue weighted by molar-refractivity contribution is 5.48. The summed E-state index contributed by atoms with van der Waals surface area (Å²) in [6, 6.07) is 4.15. The zero-order valence-corrected chi connectivity index (χ0v) is 10.5. The first-order chi connectivity index (χ1) is 7.58. The molecule has 1 aliphatic rings. The van der Waals surface area contributed by atoms with Gasteiger partial charge in [0.25, 0.3) is 0 Å². The molecule has 0 saturated heterocycles. The van der Waals surface area contributed by atoms with Crippen molar-refractivity contribution in [2.24, 2.45) is 5.73 Å². The van der Waals surface area contributed by atoms with E-state index in [0.717, 1.165) is 18.6 Å². The number of ether oxygens (including phenoxy) is 1. The van der Waals surface area contributed by atoms with Gasteiger partial charge in [0.1, 0.15) is 5.75 Å². The zero-order valence-electron chi connectivity index (χ0n) is 10.5. The number of rotatable bonds is 2. The fourth-order valence-electron chi connectivity index (χ4n) is 2.84. The smallest absolute Gasteiger partial charge is 0.124 e. The Morgan fingerprint density at radius 3 is 2.38 bits per heavy atom. The summed E-state index contributed by atoms with van der Waals surface area (Å²) in [6.45, 7) is 4.29. The van der Waals surface area contributed by atoms with Gasteiger partial charge in [-0.15, -0.1) is 0 Å². The van der Waals surface area contributed by atoms with Crippen LogP contribution in [0.3, 0.4) is 0 Å². The summed E-state index contributed by atoms with van der Waals surface area (Å²) in [5.74, 6) is 0.951. The Kier molecular flexibility index (Phi) is 2.94. The van der Waals surface area contributed by atoms with Crippen LogP contribution in [0.25, 0.3) is 0 Å². The third-order valence-corrected chi connectivity index (χ3v) is 3.91. The van der Waals surface area contributed by atoms with E-state index in [-0.39, 0.29) is 5.54 Å². The lowest BCUT2D eigenvalue weighted by molar-refractivity contribution is 0.377. The highest BCUT2D eigenvalue weighted by Crippen LogP contribution is 2.42.